The van der Waals surface area contributed by atoms with Crippen LogP contribution < -0.4 is 5.32 Å². The maximum absolute atomic E-state index is 13.8. The number of carboxylic acids is 1. The Kier molecular flexibility index (Phi) is 3.55. The predicted octanol–water partition coefficient (Wildman–Crippen LogP) is 1.84. The zero-order valence-electron chi connectivity index (χ0n) is 10.6. The van der Waals surface area contributed by atoms with E-state index in [9.17, 15) is 14.0 Å². The van der Waals surface area contributed by atoms with Gasteiger partial charge in [0.05, 0.1) is 5.41 Å². The minimum Gasteiger partial charge on any atom is -0.480 e. The fourth-order valence-corrected chi connectivity index (χ4v) is 2.23. The Labute approximate surface area is 110 Å². The van der Waals surface area contributed by atoms with Gasteiger partial charge in [0, 0.05) is 5.56 Å². The van der Waals surface area contributed by atoms with Crippen LogP contribution in [0.2, 0.25) is 0 Å². The Balaban J connectivity index is 2.20. The summed E-state index contributed by atoms with van der Waals surface area (Å²) >= 11 is 0. The third kappa shape index (κ3) is 2.45. The summed E-state index contributed by atoms with van der Waals surface area (Å²) in [6, 6.07) is 5.23. The quantitative estimate of drug-likeness (QED) is 0.853. The molecule has 1 saturated carbocycles. The number of rotatable bonds is 5. The molecule has 0 bridgehead atoms. The number of halogens is 1. The number of hydrogen-bond acceptors (Lipinski definition) is 2. The zero-order valence-corrected chi connectivity index (χ0v) is 10.6. The van der Waals surface area contributed by atoms with Gasteiger partial charge in [-0.2, -0.15) is 0 Å². The van der Waals surface area contributed by atoms with E-state index in [2.05, 4.69) is 5.32 Å². The molecule has 1 amide bonds. The second-order valence-electron chi connectivity index (χ2n) is 4.83. The first-order chi connectivity index (χ1) is 9.01. The fourth-order valence-electron chi connectivity index (χ4n) is 2.23. The summed E-state index contributed by atoms with van der Waals surface area (Å²) in [5.74, 6) is -1.88. The van der Waals surface area contributed by atoms with Crippen LogP contribution in [0.25, 0.3) is 0 Å². The first-order valence-electron chi connectivity index (χ1n) is 6.30. The van der Waals surface area contributed by atoms with Crippen molar-refractivity contribution in [3.8, 4) is 0 Å². The largest absolute Gasteiger partial charge is 0.480 e. The highest BCUT2D eigenvalue weighted by Gasteiger charge is 2.53. The van der Waals surface area contributed by atoms with E-state index >= 15 is 0 Å². The van der Waals surface area contributed by atoms with Gasteiger partial charge in [0.25, 0.3) is 0 Å². The summed E-state index contributed by atoms with van der Waals surface area (Å²) in [4.78, 5) is 23.1. The van der Waals surface area contributed by atoms with Crippen LogP contribution in [0.3, 0.4) is 0 Å². The van der Waals surface area contributed by atoms with Crippen molar-refractivity contribution in [2.45, 2.75) is 37.6 Å². The molecule has 1 aromatic carbocycles. The molecule has 2 rings (SSSR count). The van der Waals surface area contributed by atoms with Crippen LogP contribution in [0, 0.1) is 5.82 Å². The Morgan fingerprint density at radius 2 is 2.05 bits per heavy atom. The Morgan fingerprint density at radius 1 is 1.42 bits per heavy atom. The normalized spacial score (nSPS) is 17.6. The van der Waals surface area contributed by atoms with Crippen LogP contribution in [0.15, 0.2) is 24.3 Å². The molecule has 1 atom stereocenters. The average Bonchev–Trinajstić information content (AvgIpc) is 3.17. The van der Waals surface area contributed by atoms with Gasteiger partial charge in [0.1, 0.15) is 11.9 Å². The van der Waals surface area contributed by atoms with Gasteiger partial charge in [0.2, 0.25) is 5.91 Å². The van der Waals surface area contributed by atoms with Gasteiger partial charge in [-0.05, 0) is 25.3 Å². The average molecular weight is 265 g/mol. The van der Waals surface area contributed by atoms with Crippen LogP contribution in [0.5, 0.6) is 0 Å². The lowest BCUT2D eigenvalue weighted by Crippen LogP contribution is -2.45. The molecule has 1 aromatic rings. The minimum atomic E-state index is -1.07. The van der Waals surface area contributed by atoms with Crippen molar-refractivity contribution in [1.82, 2.24) is 5.32 Å². The first kappa shape index (κ1) is 13.5. The summed E-state index contributed by atoms with van der Waals surface area (Å²) < 4.78 is 13.8. The lowest BCUT2D eigenvalue weighted by atomic mass is 9.94. The van der Waals surface area contributed by atoms with E-state index in [-0.39, 0.29) is 0 Å². The lowest BCUT2D eigenvalue weighted by Gasteiger charge is -2.19. The van der Waals surface area contributed by atoms with Crippen molar-refractivity contribution in [1.29, 1.82) is 0 Å². The molecule has 102 valence electrons. The number of hydrogen-bond donors (Lipinski definition) is 2. The van der Waals surface area contributed by atoms with E-state index in [0.29, 0.717) is 24.8 Å². The van der Waals surface area contributed by atoms with Gasteiger partial charge in [0.15, 0.2) is 0 Å². The maximum Gasteiger partial charge on any atom is 0.326 e. The van der Waals surface area contributed by atoms with Crippen LogP contribution >= 0.6 is 0 Å². The van der Waals surface area contributed by atoms with Crippen molar-refractivity contribution >= 4 is 11.9 Å². The third-order valence-corrected chi connectivity index (χ3v) is 3.59. The van der Waals surface area contributed by atoms with Crippen molar-refractivity contribution in [3.63, 3.8) is 0 Å². The zero-order chi connectivity index (χ0) is 14.0. The molecule has 0 saturated heterocycles. The Morgan fingerprint density at radius 3 is 2.53 bits per heavy atom. The van der Waals surface area contributed by atoms with Crippen molar-refractivity contribution in [2.75, 3.05) is 0 Å². The molecule has 4 nitrogen and oxygen atoms in total. The monoisotopic (exact) mass is 265 g/mol. The molecule has 1 aliphatic rings. The highest BCUT2D eigenvalue weighted by atomic mass is 19.1. The first-order valence-corrected chi connectivity index (χ1v) is 6.30. The molecule has 19 heavy (non-hydrogen) atoms. The molecule has 1 aliphatic carbocycles. The molecule has 0 spiro atoms. The van der Waals surface area contributed by atoms with E-state index in [4.69, 9.17) is 5.11 Å². The smallest absolute Gasteiger partial charge is 0.326 e. The van der Waals surface area contributed by atoms with Crippen LogP contribution in [-0.2, 0) is 15.0 Å². The van der Waals surface area contributed by atoms with E-state index in [1.54, 1.807) is 25.1 Å². The maximum atomic E-state index is 13.8. The molecule has 1 fully saturated rings. The van der Waals surface area contributed by atoms with Crippen molar-refractivity contribution < 1.29 is 19.1 Å². The molecular weight excluding hydrogens is 249 g/mol. The lowest BCUT2D eigenvalue weighted by molar-refractivity contribution is -0.142. The molecule has 0 aromatic heterocycles. The van der Waals surface area contributed by atoms with Crippen LogP contribution in [0.4, 0.5) is 4.39 Å². The third-order valence-electron chi connectivity index (χ3n) is 3.59. The van der Waals surface area contributed by atoms with Gasteiger partial charge in [-0.15, -0.1) is 0 Å². The highest BCUT2D eigenvalue weighted by molar-refractivity contribution is 5.94. The number of carbonyl (C=O) groups excluding carboxylic acids is 1. The number of carboxylic acid groups (broad SMARTS) is 1. The van der Waals surface area contributed by atoms with Crippen molar-refractivity contribution in [3.05, 3.63) is 35.6 Å². The second-order valence-corrected chi connectivity index (χ2v) is 4.83. The Bertz CT molecular complexity index is 511. The van der Waals surface area contributed by atoms with Crippen LogP contribution in [0.1, 0.15) is 31.7 Å². The van der Waals surface area contributed by atoms with E-state index < -0.39 is 29.2 Å². The fraction of sp³-hybridized carbons (Fsp3) is 0.429. The minimum absolute atomic E-state index is 0.300. The van der Waals surface area contributed by atoms with Gasteiger partial charge in [-0.1, -0.05) is 25.1 Å². The van der Waals surface area contributed by atoms with Gasteiger partial charge in [-0.3, -0.25) is 4.79 Å². The summed E-state index contributed by atoms with van der Waals surface area (Å²) in [7, 11) is 0. The van der Waals surface area contributed by atoms with Gasteiger partial charge < -0.3 is 10.4 Å². The van der Waals surface area contributed by atoms with Crippen LogP contribution in [-0.4, -0.2) is 23.0 Å². The summed E-state index contributed by atoms with van der Waals surface area (Å²) in [6.07, 6.45) is 1.40. The number of carbonyl (C=O) groups is 2. The molecule has 0 aliphatic heterocycles. The standard InChI is InChI=1S/C14H16FNO3/c1-2-11(12(17)18)16-13(19)14(7-8-14)9-5-3-4-6-10(9)15/h3-6,11H,2,7-8H2,1H3,(H,16,19)(H,17,18). The van der Waals surface area contributed by atoms with E-state index in [0.717, 1.165) is 0 Å². The molecular formula is C14H16FNO3. The number of nitrogens with one attached hydrogen (secondary N) is 1. The molecule has 0 heterocycles. The summed E-state index contributed by atoms with van der Waals surface area (Å²) in [5, 5.41) is 11.4. The predicted molar refractivity (Wildman–Crippen MR) is 67.2 cm³/mol. The van der Waals surface area contributed by atoms with Crippen molar-refractivity contribution in [2.24, 2.45) is 0 Å². The summed E-state index contributed by atoms with van der Waals surface area (Å²) in [5.41, 5.74) is -0.526. The van der Waals surface area contributed by atoms with Gasteiger partial charge >= 0.3 is 5.97 Å². The van der Waals surface area contributed by atoms with E-state index in [1.165, 1.54) is 6.07 Å². The van der Waals surface area contributed by atoms with Gasteiger partial charge in [-0.25, -0.2) is 9.18 Å². The highest BCUT2D eigenvalue weighted by Crippen LogP contribution is 2.49. The summed E-state index contributed by atoms with van der Waals surface area (Å²) in [6.45, 7) is 1.68. The SMILES string of the molecule is CCC(NC(=O)C1(c2ccccc2F)CC1)C(=O)O. The molecule has 1 unspecified atom stereocenters. The number of amides is 1. The molecule has 0 radical (unpaired) electrons. The molecule has 2 N–H and O–H groups in total. The van der Waals surface area contributed by atoms with E-state index in [1.807, 2.05) is 0 Å². The topological polar surface area (TPSA) is 66.4 Å². The second kappa shape index (κ2) is 4.99. The Hall–Kier alpha value is -1.91. The number of aliphatic carboxylic acids is 1. The number of benzene rings is 1. The molecule has 5 heteroatoms.